The normalized spacial score (nSPS) is 19.6. The van der Waals surface area contributed by atoms with Gasteiger partial charge in [0, 0.05) is 42.9 Å². The maximum absolute atomic E-state index is 13.2. The van der Waals surface area contributed by atoms with Gasteiger partial charge in [0.2, 0.25) is 0 Å². The highest BCUT2D eigenvalue weighted by molar-refractivity contribution is 7.91. The van der Waals surface area contributed by atoms with Gasteiger partial charge in [-0.25, -0.2) is 13.4 Å². The van der Waals surface area contributed by atoms with Gasteiger partial charge in [-0.05, 0) is 23.6 Å². The Labute approximate surface area is 188 Å². The molecular formula is C21H20N4O5S2. The van der Waals surface area contributed by atoms with Crippen LogP contribution in [-0.4, -0.2) is 66.0 Å². The van der Waals surface area contributed by atoms with Gasteiger partial charge in [0.05, 0.1) is 12.2 Å². The van der Waals surface area contributed by atoms with Crippen LogP contribution in [0.25, 0.3) is 10.1 Å². The second kappa shape index (κ2) is 7.99. The Kier molecular flexibility index (Phi) is 5.27. The standard InChI is InChI=1S/C21H20N4O5S2/c1-2-13-3-4-14-10-19(31-17(14)9-13)32(28,29)25-7-5-24(6-8-25)21(27)20-23-15-11-18(26)22-12-16(15)30-20/h1,3-4,9-10,18,22,26H,5-8,11-12H2. The van der Waals surface area contributed by atoms with E-state index in [2.05, 4.69) is 16.2 Å². The third kappa shape index (κ3) is 3.70. The Balaban J connectivity index is 1.29. The molecule has 5 rings (SSSR count). The summed E-state index contributed by atoms with van der Waals surface area (Å²) in [7, 11) is -3.68. The van der Waals surface area contributed by atoms with E-state index >= 15 is 0 Å². The largest absolute Gasteiger partial charge is 0.436 e. The van der Waals surface area contributed by atoms with Crippen LogP contribution in [0.2, 0.25) is 0 Å². The van der Waals surface area contributed by atoms with Crippen molar-refractivity contribution in [3.05, 3.63) is 47.2 Å². The highest BCUT2D eigenvalue weighted by Crippen LogP contribution is 2.32. The number of carbonyl (C=O) groups is 1. The lowest BCUT2D eigenvalue weighted by Crippen LogP contribution is -2.50. The van der Waals surface area contributed by atoms with Crippen molar-refractivity contribution < 1.29 is 22.7 Å². The van der Waals surface area contributed by atoms with Crippen molar-refractivity contribution in [2.75, 3.05) is 26.2 Å². The maximum atomic E-state index is 13.2. The molecule has 9 nitrogen and oxygen atoms in total. The van der Waals surface area contributed by atoms with Crippen molar-refractivity contribution in [1.29, 1.82) is 0 Å². The van der Waals surface area contributed by atoms with Gasteiger partial charge in [-0.3, -0.25) is 10.1 Å². The second-order valence-electron chi connectivity index (χ2n) is 7.65. The van der Waals surface area contributed by atoms with Crippen molar-refractivity contribution in [3.8, 4) is 12.3 Å². The number of nitrogens with one attached hydrogen (secondary N) is 1. The maximum Gasteiger partial charge on any atom is 0.309 e. The van der Waals surface area contributed by atoms with E-state index in [0.717, 1.165) is 10.1 Å². The van der Waals surface area contributed by atoms with Gasteiger partial charge in [0.1, 0.15) is 16.2 Å². The molecule has 0 radical (unpaired) electrons. The lowest BCUT2D eigenvalue weighted by molar-refractivity contribution is 0.0655. The van der Waals surface area contributed by atoms with E-state index < -0.39 is 16.3 Å². The third-order valence-corrected chi connectivity index (χ3v) is 9.08. The summed E-state index contributed by atoms with van der Waals surface area (Å²) in [6, 6.07) is 7.07. The molecule has 1 atom stereocenters. The zero-order valence-corrected chi connectivity index (χ0v) is 18.6. The van der Waals surface area contributed by atoms with Crippen molar-refractivity contribution in [3.63, 3.8) is 0 Å². The number of hydrogen-bond donors (Lipinski definition) is 2. The number of terminal acetylenes is 1. The lowest BCUT2D eigenvalue weighted by Gasteiger charge is -2.32. The molecule has 32 heavy (non-hydrogen) atoms. The van der Waals surface area contributed by atoms with Crippen LogP contribution in [0.4, 0.5) is 0 Å². The van der Waals surface area contributed by atoms with E-state index in [1.54, 1.807) is 18.2 Å². The van der Waals surface area contributed by atoms with Crippen LogP contribution in [0.1, 0.15) is 27.7 Å². The fourth-order valence-electron chi connectivity index (χ4n) is 3.86. The van der Waals surface area contributed by atoms with Gasteiger partial charge < -0.3 is 14.4 Å². The van der Waals surface area contributed by atoms with E-state index in [-0.39, 0.29) is 48.6 Å². The molecule has 166 valence electrons. The molecule has 0 bridgehead atoms. The van der Waals surface area contributed by atoms with E-state index in [0.29, 0.717) is 23.6 Å². The first-order chi connectivity index (χ1) is 15.3. The summed E-state index contributed by atoms with van der Waals surface area (Å²) in [6.07, 6.45) is 5.00. The quantitative estimate of drug-likeness (QED) is 0.546. The summed E-state index contributed by atoms with van der Waals surface area (Å²) in [5.41, 5.74) is 1.27. The Hall–Kier alpha value is -2.75. The Bertz CT molecular complexity index is 1350. The minimum absolute atomic E-state index is 0.0315. The zero-order chi connectivity index (χ0) is 22.5. The Morgan fingerprint density at radius 3 is 2.81 bits per heavy atom. The van der Waals surface area contributed by atoms with Crippen LogP contribution in [-0.2, 0) is 23.0 Å². The summed E-state index contributed by atoms with van der Waals surface area (Å²) in [6.45, 7) is 1.13. The first-order valence-electron chi connectivity index (χ1n) is 10.0. The first-order valence-corrected chi connectivity index (χ1v) is 12.3. The topological polar surface area (TPSA) is 116 Å². The van der Waals surface area contributed by atoms with Crippen LogP contribution < -0.4 is 5.32 Å². The number of piperazine rings is 1. The molecular weight excluding hydrogens is 452 g/mol. The summed E-state index contributed by atoms with van der Waals surface area (Å²) < 4.78 is 34.3. The molecule has 3 aromatic rings. The van der Waals surface area contributed by atoms with Crippen molar-refractivity contribution >= 4 is 37.4 Å². The van der Waals surface area contributed by atoms with Crippen molar-refractivity contribution in [2.24, 2.45) is 0 Å². The minimum atomic E-state index is -3.68. The van der Waals surface area contributed by atoms with Crippen LogP contribution in [0.5, 0.6) is 0 Å². The van der Waals surface area contributed by atoms with E-state index in [4.69, 9.17) is 10.8 Å². The molecule has 11 heteroatoms. The molecule has 2 N–H and O–H groups in total. The molecule has 4 heterocycles. The molecule has 2 aliphatic rings. The van der Waals surface area contributed by atoms with Crippen LogP contribution >= 0.6 is 11.3 Å². The van der Waals surface area contributed by atoms with Gasteiger partial charge in [0.25, 0.3) is 15.9 Å². The van der Waals surface area contributed by atoms with Crippen molar-refractivity contribution in [1.82, 2.24) is 19.5 Å². The molecule has 0 spiro atoms. The highest BCUT2D eigenvalue weighted by atomic mass is 32.2. The van der Waals surface area contributed by atoms with Crippen LogP contribution in [0.3, 0.4) is 0 Å². The first kappa shape index (κ1) is 21.1. The predicted octanol–water partition coefficient (Wildman–Crippen LogP) is 0.981. The summed E-state index contributed by atoms with van der Waals surface area (Å²) in [5, 5.41) is 13.3. The number of aromatic nitrogens is 1. The molecule has 1 aromatic carbocycles. The average molecular weight is 473 g/mol. The van der Waals surface area contributed by atoms with Crippen LogP contribution in [0, 0.1) is 12.3 Å². The molecule has 1 saturated heterocycles. The van der Waals surface area contributed by atoms with Gasteiger partial charge in [0.15, 0.2) is 0 Å². The molecule has 1 fully saturated rings. The Morgan fingerprint density at radius 1 is 1.28 bits per heavy atom. The molecule has 0 saturated carbocycles. The number of nitrogens with zero attached hydrogens (tertiary/aromatic N) is 3. The van der Waals surface area contributed by atoms with Gasteiger partial charge in [-0.2, -0.15) is 4.31 Å². The lowest BCUT2D eigenvalue weighted by atomic mass is 10.2. The monoisotopic (exact) mass is 472 g/mol. The number of thiophene rings is 1. The van der Waals surface area contributed by atoms with Crippen LogP contribution in [0.15, 0.2) is 32.9 Å². The van der Waals surface area contributed by atoms with E-state index in [1.165, 1.54) is 20.5 Å². The fourth-order valence-corrected chi connectivity index (χ4v) is 6.87. The van der Waals surface area contributed by atoms with E-state index in [9.17, 15) is 18.3 Å². The number of sulfonamides is 1. The minimum Gasteiger partial charge on any atom is -0.436 e. The van der Waals surface area contributed by atoms with E-state index in [1.807, 2.05) is 6.07 Å². The number of aliphatic hydroxyl groups is 1. The summed E-state index contributed by atoms with van der Waals surface area (Å²) in [5.74, 6) is 2.69. The number of rotatable bonds is 3. The number of hydrogen-bond acceptors (Lipinski definition) is 8. The predicted molar refractivity (Wildman–Crippen MR) is 117 cm³/mol. The van der Waals surface area contributed by atoms with Gasteiger partial charge in [-0.15, -0.1) is 17.8 Å². The van der Waals surface area contributed by atoms with Crippen molar-refractivity contribution in [2.45, 2.75) is 23.4 Å². The molecule has 1 amide bonds. The smallest absolute Gasteiger partial charge is 0.309 e. The number of fused-ring (bicyclic) bond motifs is 2. The third-order valence-electron chi connectivity index (χ3n) is 5.63. The zero-order valence-electron chi connectivity index (χ0n) is 16.9. The summed E-state index contributed by atoms with van der Waals surface area (Å²) >= 11 is 1.19. The second-order valence-corrected chi connectivity index (χ2v) is 10.9. The summed E-state index contributed by atoms with van der Waals surface area (Å²) in [4.78, 5) is 18.6. The number of aliphatic hydroxyl groups excluding tert-OH is 1. The number of amides is 1. The fraction of sp³-hybridized carbons (Fsp3) is 0.333. The Morgan fingerprint density at radius 2 is 2.06 bits per heavy atom. The number of benzene rings is 1. The molecule has 0 aliphatic carbocycles. The number of carbonyl (C=O) groups excluding carboxylic acids is 1. The molecule has 1 unspecified atom stereocenters. The average Bonchev–Trinajstić information content (AvgIpc) is 3.42. The van der Waals surface area contributed by atoms with Gasteiger partial charge >= 0.3 is 5.91 Å². The number of oxazole rings is 1. The van der Waals surface area contributed by atoms with Gasteiger partial charge in [-0.1, -0.05) is 12.0 Å². The molecule has 2 aliphatic heterocycles. The SMILES string of the molecule is C#Cc1ccc2cc(S(=O)(=O)N3CCN(C(=O)c4nc5c(o4)CNC(O)C5)CC3)sc2c1. The molecule has 2 aromatic heterocycles. The highest BCUT2D eigenvalue weighted by Gasteiger charge is 2.34.